The summed E-state index contributed by atoms with van der Waals surface area (Å²) in [5, 5.41) is 3.73. The molecule has 1 aromatic rings. The van der Waals surface area contributed by atoms with Gasteiger partial charge in [0.15, 0.2) is 0 Å². The highest BCUT2D eigenvalue weighted by Gasteiger charge is 2.23. The molecule has 0 spiro atoms. The average Bonchev–Trinajstić information content (AvgIpc) is 2.81. The largest absolute Gasteiger partial charge is 0.460 e. The number of esters is 1. The highest BCUT2D eigenvalue weighted by Crippen LogP contribution is 2.16. The van der Waals surface area contributed by atoms with Gasteiger partial charge in [-0.15, -0.1) is 0 Å². The molecule has 0 amide bonds. The molecule has 3 nitrogen and oxygen atoms in total. The van der Waals surface area contributed by atoms with E-state index in [-0.39, 0.29) is 18.6 Å². The Morgan fingerprint density at radius 1 is 1.50 bits per heavy atom. The molecule has 1 aliphatic heterocycles. The molecular formula is C12H14ClNO2. The molecule has 4 heteroatoms. The highest BCUT2D eigenvalue weighted by atomic mass is 35.5. The zero-order valence-corrected chi connectivity index (χ0v) is 9.67. The summed E-state index contributed by atoms with van der Waals surface area (Å²) in [5.74, 6) is -0.183. The Balaban J connectivity index is 1.87. The van der Waals surface area contributed by atoms with Crippen LogP contribution in [0.4, 0.5) is 0 Å². The minimum atomic E-state index is -0.183. The van der Waals surface area contributed by atoms with Crippen LogP contribution in [0.2, 0.25) is 5.02 Å². The summed E-state index contributed by atoms with van der Waals surface area (Å²) in [5.41, 5.74) is 0.843. The Morgan fingerprint density at radius 3 is 3.00 bits per heavy atom. The molecule has 0 saturated carbocycles. The maximum atomic E-state index is 11.6. The van der Waals surface area contributed by atoms with Gasteiger partial charge in [-0.1, -0.05) is 29.8 Å². The van der Waals surface area contributed by atoms with Crippen LogP contribution in [0, 0.1) is 0 Å². The average molecular weight is 240 g/mol. The fourth-order valence-electron chi connectivity index (χ4n) is 1.75. The van der Waals surface area contributed by atoms with Crippen molar-refractivity contribution >= 4 is 17.6 Å². The summed E-state index contributed by atoms with van der Waals surface area (Å²) in [6, 6.07) is 7.24. The molecule has 1 heterocycles. The third kappa shape index (κ3) is 2.74. The smallest absolute Gasteiger partial charge is 0.323 e. The number of ether oxygens (including phenoxy) is 1. The third-order valence-electron chi connectivity index (χ3n) is 2.67. The van der Waals surface area contributed by atoms with E-state index in [1.165, 1.54) is 0 Å². The Morgan fingerprint density at radius 2 is 2.31 bits per heavy atom. The summed E-state index contributed by atoms with van der Waals surface area (Å²) in [7, 11) is 0. The van der Waals surface area contributed by atoms with E-state index in [9.17, 15) is 4.79 Å². The van der Waals surface area contributed by atoms with Crippen molar-refractivity contribution in [1.29, 1.82) is 0 Å². The lowest BCUT2D eigenvalue weighted by molar-refractivity contribution is -0.147. The molecule has 2 rings (SSSR count). The van der Waals surface area contributed by atoms with Crippen molar-refractivity contribution in [2.45, 2.75) is 25.5 Å². The van der Waals surface area contributed by atoms with Crippen molar-refractivity contribution in [2.24, 2.45) is 0 Å². The Hall–Kier alpha value is -1.06. The molecule has 0 aliphatic carbocycles. The molecule has 0 aromatic heterocycles. The maximum Gasteiger partial charge on any atom is 0.323 e. The van der Waals surface area contributed by atoms with Gasteiger partial charge >= 0.3 is 5.97 Å². The van der Waals surface area contributed by atoms with Gasteiger partial charge < -0.3 is 10.1 Å². The minimum Gasteiger partial charge on any atom is -0.460 e. The normalized spacial score (nSPS) is 19.7. The first-order valence-electron chi connectivity index (χ1n) is 5.41. The van der Waals surface area contributed by atoms with Gasteiger partial charge in [-0.05, 0) is 25.5 Å². The van der Waals surface area contributed by atoms with E-state index in [4.69, 9.17) is 16.3 Å². The molecule has 1 N–H and O–H groups in total. The quantitative estimate of drug-likeness (QED) is 0.822. The van der Waals surface area contributed by atoms with E-state index in [1.54, 1.807) is 6.07 Å². The number of nitrogens with one attached hydrogen (secondary N) is 1. The number of benzene rings is 1. The van der Waals surface area contributed by atoms with E-state index < -0.39 is 0 Å². The van der Waals surface area contributed by atoms with Crippen LogP contribution in [0.5, 0.6) is 0 Å². The van der Waals surface area contributed by atoms with E-state index >= 15 is 0 Å². The van der Waals surface area contributed by atoms with Crippen LogP contribution in [-0.2, 0) is 16.1 Å². The topological polar surface area (TPSA) is 38.3 Å². The van der Waals surface area contributed by atoms with Gasteiger partial charge in [0, 0.05) is 10.6 Å². The lowest BCUT2D eigenvalue weighted by atomic mass is 10.2. The van der Waals surface area contributed by atoms with Crippen molar-refractivity contribution in [3.05, 3.63) is 34.9 Å². The lowest BCUT2D eigenvalue weighted by Crippen LogP contribution is -2.32. The number of hydrogen-bond donors (Lipinski definition) is 1. The van der Waals surface area contributed by atoms with Gasteiger partial charge in [-0.2, -0.15) is 0 Å². The predicted molar refractivity (Wildman–Crippen MR) is 62.3 cm³/mol. The van der Waals surface area contributed by atoms with Crippen LogP contribution in [0.3, 0.4) is 0 Å². The molecule has 86 valence electrons. The fourth-order valence-corrected chi connectivity index (χ4v) is 1.94. The summed E-state index contributed by atoms with van der Waals surface area (Å²) >= 11 is 5.96. The number of hydrogen-bond acceptors (Lipinski definition) is 3. The van der Waals surface area contributed by atoms with Crippen LogP contribution in [-0.4, -0.2) is 18.6 Å². The van der Waals surface area contributed by atoms with Crippen LogP contribution >= 0.6 is 11.6 Å². The number of carbonyl (C=O) groups is 1. The summed E-state index contributed by atoms with van der Waals surface area (Å²) in [4.78, 5) is 11.6. The molecule has 0 bridgehead atoms. The second-order valence-corrected chi connectivity index (χ2v) is 4.26. The van der Waals surface area contributed by atoms with E-state index in [2.05, 4.69) is 5.32 Å². The SMILES string of the molecule is O=C(OCc1ccccc1Cl)[C@@H]1CCCN1. The molecule has 1 fully saturated rings. The van der Waals surface area contributed by atoms with Gasteiger partial charge in [0.1, 0.15) is 12.6 Å². The number of halogens is 1. The zero-order valence-electron chi connectivity index (χ0n) is 8.91. The van der Waals surface area contributed by atoms with Crippen molar-refractivity contribution < 1.29 is 9.53 Å². The molecule has 1 saturated heterocycles. The first kappa shape index (κ1) is 11.4. The summed E-state index contributed by atoms with van der Waals surface area (Å²) in [6.45, 7) is 1.14. The Labute approximate surface area is 99.7 Å². The standard InChI is InChI=1S/C12H14ClNO2/c13-10-5-2-1-4-9(10)8-16-12(15)11-6-3-7-14-11/h1-2,4-5,11,14H,3,6-8H2/t11-/m0/s1. The lowest BCUT2D eigenvalue weighted by Gasteiger charge is -2.10. The number of carbonyl (C=O) groups excluding carboxylic acids is 1. The Kier molecular flexibility index (Phi) is 3.80. The molecule has 16 heavy (non-hydrogen) atoms. The van der Waals surface area contributed by atoms with Gasteiger partial charge in [-0.3, -0.25) is 4.79 Å². The molecule has 1 aromatic carbocycles. The van der Waals surface area contributed by atoms with Gasteiger partial charge in [-0.25, -0.2) is 0 Å². The Bertz CT molecular complexity index is 375. The van der Waals surface area contributed by atoms with Crippen molar-refractivity contribution in [1.82, 2.24) is 5.32 Å². The van der Waals surface area contributed by atoms with Gasteiger partial charge in [0.2, 0.25) is 0 Å². The second kappa shape index (κ2) is 5.32. The van der Waals surface area contributed by atoms with Crippen molar-refractivity contribution in [3.63, 3.8) is 0 Å². The summed E-state index contributed by atoms with van der Waals surface area (Å²) in [6.07, 6.45) is 1.90. The van der Waals surface area contributed by atoms with Crippen LogP contribution in [0.1, 0.15) is 18.4 Å². The van der Waals surface area contributed by atoms with Gasteiger partial charge in [0.25, 0.3) is 0 Å². The third-order valence-corrected chi connectivity index (χ3v) is 3.04. The zero-order chi connectivity index (χ0) is 11.4. The van der Waals surface area contributed by atoms with Crippen molar-refractivity contribution in [3.8, 4) is 0 Å². The monoisotopic (exact) mass is 239 g/mol. The van der Waals surface area contributed by atoms with E-state index in [1.807, 2.05) is 18.2 Å². The van der Waals surface area contributed by atoms with Crippen molar-refractivity contribution in [2.75, 3.05) is 6.54 Å². The first-order chi connectivity index (χ1) is 7.77. The highest BCUT2D eigenvalue weighted by molar-refractivity contribution is 6.31. The maximum absolute atomic E-state index is 11.6. The van der Waals surface area contributed by atoms with Crippen LogP contribution in [0.15, 0.2) is 24.3 Å². The first-order valence-corrected chi connectivity index (χ1v) is 5.78. The molecule has 0 radical (unpaired) electrons. The number of rotatable bonds is 3. The molecule has 0 unspecified atom stereocenters. The van der Waals surface area contributed by atoms with Gasteiger partial charge in [0.05, 0.1) is 0 Å². The molecular weight excluding hydrogens is 226 g/mol. The van der Waals surface area contributed by atoms with Crippen LogP contribution < -0.4 is 5.32 Å². The predicted octanol–water partition coefficient (Wildman–Crippen LogP) is 2.14. The second-order valence-electron chi connectivity index (χ2n) is 3.85. The van der Waals surface area contributed by atoms with Crippen LogP contribution in [0.25, 0.3) is 0 Å². The summed E-state index contributed by atoms with van der Waals surface area (Å²) < 4.78 is 5.21. The van der Waals surface area contributed by atoms with E-state index in [0.717, 1.165) is 24.9 Å². The molecule has 1 aliphatic rings. The minimum absolute atomic E-state index is 0.137. The fraction of sp³-hybridized carbons (Fsp3) is 0.417. The molecule has 1 atom stereocenters. The van der Waals surface area contributed by atoms with E-state index in [0.29, 0.717) is 5.02 Å².